The Morgan fingerprint density at radius 1 is 1.28 bits per heavy atom. The van der Waals surface area contributed by atoms with Crippen LogP contribution in [0.2, 0.25) is 0 Å². The van der Waals surface area contributed by atoms with Crippen molar-refractivity contribution in [3.63, 3.8) is 0 Å². The first kappa shape index (κ1) is 27.8. The predicted molar refractivity (Wildman–Crippen MR) is 147 cm³/mol. The highest BCUT2D eigenvalue weighted by Gasteiger charge is 2.40. The van der Waals surface area contributed by atoms with Crippen LogP contribution < -0.4 is 0 Å². The third-order valence-electron chi connectivity index (χ3n) is 9.26. The van der Waals surface area contributed by atoms with Gasteiger partial charge in [0.25, 0.3) is 0 Å². The van der Waals surface area contributed by atoms with Crippen LogP contribution in [0.1, 0.15) is 84.3 Å². The average Bonchev–Trinajstić information content (AvgIpc) is 3.35. The van der Waals surface area contributed by atoms with Crippen LogP contribution in [0.4, 0.5) is 4.39 Å². The third kappa shape index (κ3) is 5.61. The molecule has 1 unspecified atom stereocenters. The summed E-state index contributed by atoms with van der Waals surface area (Å²) in [5, 5.41) is 16.4. The molecule has 0 spiro atoms. The first-order valence-corrected chi connectivity index (χ1v) is 14.4. The Bertz CT molecular complexity index is 1270. The lowest BCUT2D eigenvalue weighted by Gasteiger charge is -2.44. The summed E-state index contributed by atoms with van der Waals surface area (Å²) in [5.41, 5.74) is 2.69. The van der Waals surface area contributed by atoms with Gasteiger partial charge in [0.05, 0.1) is 30.7 Å². The van der Waals surface area contributed by atoms with Crippen molar-refractivity contribution >= 4 is 22.8 Å². The molecule has 2 saturated heterocycles. The Morgan fingerprint density at radius 3 is 2.79 bits per heavy atom. The standard InChI is InChI=1S/C30H42FN4O4/c1-5-30(3,4)29(37)38-19-35(17-13-23-20(2)32-26-8-6-7-14-34(26)28(23)36)15-11-21(12-16-35)27-24-10-9-22(31)18-25(24)39-33-27/h9-10,18,21,28,36H,5-8,11-17,19H2,1-4H3/q+1. The van der Waals surface area contributed by atoms with E-state index in [-0.39, 0.29) is 17.7 Å². The predicted octanol–water partition coefficient (Wildman–Crippen LogP) is 5.48. The lowest BCUT2D eigenvalue weighted by atomic mass is 9.89. The fourth-order valence-corrected chi connectivity index (χ4v) is 6.10. The van der Waals surface area contributed by atoms with E-state index in [0.29, 0.717) is 29.6 Å². The molecule has 212 valence electrons. The zero-order valence-corrected chi connectivity index (χ0v) is 23.7. The molecular formula is C30H42FN4O4+. The van der Waals surface area contributed by atoms with E-state index in [0.717, 1.165) is 86.5 Å². The molecule has 8 nitrogen and oxygen atoms in total. The van der Waals surface area contributed by atoms with E-state index in [4.69, 9.17) is 14.3 Å². The fraction of sp³-hybridized carbons (Fsp3) is 0.633. The smallest absolute Gasteiger partial charge is 0.315 e. The lowest BCUT2D eigenvalue weighted by Crippen LogP contribution is -2.56. The molecule has 2 aromatic rings. The average molecular weight is 542 g/mol. The molecule has 9 heteroatoms. The zero-order chi connectivity index (χ0) is 27.8. The molecule has 1 aromatic carbocycles. The summed E-state index contributed by atoms with van der Waals surface area (Å²) in [4.78, 5) is 19.8. The van der Waals surface area contributed by atoms with Crippen molar-refractivity contribution in [2.45, 2.75) is 84.8 Å². The van der Waals surface area contributed by atoms with Crippen LogP contribution in [0.15, 0.2) is 39.0 Å². The number of esters is 1. The van der Waals surface area contributed by atoms with Gasteiger partial charge in [0, 0.05) is 60.9 Å². The first-order valence-electron chi connectivity index (χ1n) is 14.4. The quantitative estimate of drug-likeness (QED) is 0.352. The monoisotopic (exact) mass is 541 g/mol. The topological polar surface area (TPSA) is 88.2 Å². The van der Waals surface area contributed by atoms with Crippen LogP contribution in [0.25, 0.3) is 11.0 Å². The van der Waals surface area contributed by atoms with Crippen LogP contribution in [0, 0.1) is 11.2 Å². The number of amidine groups is 1. The van der Waals surface area contributed by atoms with Gasteiger partial charge in [0.2, 0.25) is 6.73 Å². The second-order valence-electron chi connectivity index (χ2n) is 12.2. The van der Waals surface area contributed by atoms with E-state index in [1.807, 2.05) is 32.6 Å². The maximum atomic E-state index is 13.7. The van der Waals surface area contributed by atoms with Crippen molar-refractivity contribution in [2.75, 3.05) is 32.9 Å². The van der Waals surface area contributed by atoms with Crippen LogP contribution in [-0.2, 0) is 9.53 Å². The summed E-state index contributed by atoms with van der Waals surface area (Å²) in [5.74, 6) is 0.671. The van der Waals surface area contributed by atoms with Gasteiger partial charge in [-0.1, -0.05) is 12.1 Å². The second kappa shape index (κ2) is 11.0. The summed E-state index contributed by atoms with van der Waals surface area (Å²) in [6, 6.07) is 4.57. The van der Waals surface area contributed by atoms with E-state index in [9.17, 15) is 14.3 Å². The molecule has 3 aliphatic rings. The number of halogens is 1. The number of hydrogen-bond acceptors (Lipinski definition) is 7. The van der Waals surface area contributed by atoms with E-state index < -0.39 is 11.6 Å². The number of hydrogen-bond donors (Lipinski definition) is 1. The van der Waals surface area contributed by atoms with Crippen molar-refractivity contribution in [3.05, 3.63) is 41.0 Å². The van der Waals surface area contributed by atoms with Crippen molar-refractivity contribution < 1.29 is 28.0 Å². The number of aromatic nitrogens is 1. The van der Waals surface area contributed by atoms with E-state index in [1.165, 1.54) is 12.1 Å². The van der Waals surface area contributed by atoms with Gasteiger partial charge in [0.1, 0.15) is 11.7 Å². The van der Waals surface area contributed by atoms with Crippen molar-refractivity contribution in [3.8, 4) is 0 Å². The van der Waals surface area contributed by atoms with Crippen molar-refractivity contribution in [2.24, 2.45) is 10.4 Å². The largest absolute Gasteiger partial charge is 0.415 e. The lowest BCUT2D eigenvalue weighted by molar-refractivity contribution is -0.948. The number of aliphatic hydroxyl groups excluding tert-OH is 1. The molecule has 0 bridgehead atoms. The molecule has 5 rings (SSSR count). The van der Waals surface area contributed by atoms with Crippen LogP contribution >= 0.6 is 0 Å². The second-order valence-corrected chi connectivity index (χ2v) is 12.2. The molecule has 1 aromatic heterocycles. The molecule has 2 fully saturated rings. The molecule has 1 atom stereocenters. The summed E-state index contributed by atoms with van der Waals surface area (Å²) in [7, 11) is 0. The number of aliphatic hydroxyl groups is 1. The van der Waals surface area contributed by atoms with E-state index >= 15 is 0 Å². The van der Waals surface area contributed by atoms with Gasteiger partial charge < -0.3 is 19.3 Å². The molecule has 0 radical (unpaired) electrons. The minimum absolute atomic E-state index is 0.176. The summed E-state index contributed by atoms with van der Waals surface area (Å²) >= 11 is 0. The van der Waals surface area contributed by atoms with Gasteiger partial charge >= 0.3 is 5.97 Å². The third-order valence-corrected chi connectivity index (χ3v) is 9.26. The summed E-state index contributed by atoms with van der Waals surface area (Å²) in [6.45, 7) is 11.3. The van der Waals surface area contributed by atoms with Crippen molar-refractivity contribution in [1.29, 1.82) is 0 Å². The van der Waals surface area contributed by atoms with E-state index in [2.05, 4.69) is 5.16 Å². The molecule has 0 aliphatic carbocycles. The maximum Gasteiger partial charge on any atom is 0.315 e. The van der Waals surface area contributed by atoms with Gasteiger partial charge in [-0.15, -0.1) is 0 Å². The normalized spacial score (nSPS) is 26.0. The molecular weight excluding hydrogens is 499 g/mol. The minimum atomic E-state index is -0.640. The fourth-order valence-electron chi connectivity index (χ4n) is 6.10. The number of benzene rings is 1. The maximum absolute atomic E-state index is 13.7. The Hall–Kier alpha value is -2.78. The number of ether oxygens (including phenoxy) is 1. The number of nitrogens with zero attached hydrogens (tertiary/aromatic N) is 4. The number of allylic oxidation sites excluding steroid dienone is 1. The Balaban J connectivity index is 1.33. The molecule has 4 heterocycles. The summed E-state index contributed by atoms with van der Waals surface area (Å²) in [6.07, 6.45) is 5.55. The highest BCUT2D eigenvalue weighted by molar-refractivity contribution is 5.85. The number of rotatable bonds is 8. The van der Waals surface area contributed by atoms with Gasteiger partial charge in [-0.25, -0.2) is 9.38 Å². The molecule has 0 amide bonds. The number of aliphatic imine (C=N–C) groups is 1. The Kier molecular flexibility index (Phi) is 7.84. The Labute approximate surface area is 230 Å². The molecule has 0 saturated carbocycles. The number of quaternary nitrogens is 1. The van der Waals surface area contributed by atoms with Gasteiger partial charge in [-0.05, 0) is 52.2 Å². The number of likely N-dealkylation sites (tertiary alicyclic amines) is 1. The molecule has 1 N–H and O–H groups in total. The SMILES string of the molecule is CCC(C)(C)C(=O)OC[N+]1(CCC2=C(C)N=C3CCCCN3C2O)CCC(c2noc3cc(F)ccc23)CC1. The van der Waals surface area contributed by atoms with Crippen molar-refractivity contribution in [1.82, 2.24) is 10.1 Å². The molecule has 39 heavy (non-hydrogen) atoms. The van der Waals surface area contributed by atoms with Gasteiger partial charge in [-0.2, -0.15) is 0 Å². The summed E-state index contributed by atoms with van der Waals surface area (Å²) < 4.78 is 25.7. The number of carbonyl (C=O) groups excluding carboxylic acids is 1. The highest BCUT2D eigenvalue weighted by atomic mass is 19.1. The first-order chi connectivity index (χ1) is 18.6. The van der Waals surface area contributed by atoms with Crippen LogP contribution in [0.5, 0.6) is 0 Å². The van der Waals surface area contributed by atoms with E-state index in [1.54, 1.807) is 6.07 Å². The zero-order valence-electron chi connectivity index (χ0n) is 23.7. The van der Waals surface area contributed by atoms with Crippen LogP contribution in [0.3, 0.4) is 0 Å². The van der Waals surface area contributed by atoms with Gasteiger partial charge in [-0.3, -0.25) is 9.28 Å². The van der Waals surface area contributed by atoms with Crippen LogP contribution in [-0.4, -0.2) is 70.6 Å². The number of piperidine rings is 2. The number of fused-ring (bicyclic) bond motifs is 2. The minimum Gasteiger partial charge on any atom is -0.415 e. The molecule has 3 aliphatic heterocycles. The van der Waals surface area contributed by atoms with Gasteiger partial charge in [0.15, 0.2) is 11.8 Å². The number of carbonyl (C=O) groups is 1. The Morgan fingerprint density at radius 2 is 2.05 bits per heavy atom. The highest BCUT2D eigenvalue weighted by Crippen LogP contribution is 2.37.